The van der Waals surface area contributed by atoms with Gasteiger partial charge in [-0.2, -0.15) is 0 Å². The first-order valence-corrected chi connectivity index (χ1v) is 5.65. The monoisotopic (exact) mass is 272 g/mol. The van der Waals surface area contributed by atoms with Crippen LogP contribution >= 0.6 is 11.6 Å². The Morgan fingerprint density at radius 1 is 1.61 bits per heavy atom. The van der Waals surface area contributed by atoms with Crippen molar-refractivity contribution >= 4 is 28.9 Å². The summed E-state index contributed by atoms with van der Waals surface area (Å²) in [5.74, 6) is -1.03. The molecule has 1 aromatic carbocycles. The van der Waals surface area contributed by atoms with Crippen molar-refractivity contribution in [3.05, 3.63) is 33.3 Å². The Morgan fingerprint density at radius 2 is 2.22 bits per heavy atom. The maximum atomic E-state index is 11.1. The highest BCUT2D eigenvalue weighted by molar-refractivity contribution is 6.31. The summed E-state index contributed by atoms with van der Waals surface area (Å²) in [7, 11) is 1.50. The molecule has 0 radical (unpaired) electrons. The van der Waals surface area contributed by atoms with E-state index >= 15 is 0 Å². The average molecular weight is 273 g/mol. The van der Waals surface area contributed by atoms with Gasteiger partial charge in [-0.15, -0.1) is 0 Å². The number of aliphatic carboxylic acids is 1. The van der Waals surface area contributed by atoms with Crippen molar-refractivity contribution in [1.29, 1.82) is 0 Å². The molecule has 0 bridgehead atoms. The van der Waals surface area contributed by atoms with Crippen LogP contribution in [0.25, 0.3) is 0 Å². The summed E-state index contributed by atoms with van der Waals surface area (Å²) >= 11 is 5.80. The van der Waals surface area contributed by atoms with Gasteiger partial charge in [0.1, 0.15) is 11.7 Å². The molecule has 0 aliphatic carbocycles. The van der Waals surface area contributed by atoms with E-state index < -0.39 is 16.9 Å². The lowest BCUT2D eigenvalue weighted by Gasteiger charge is -2.25. The minimum Gasteiger partial charge on any atom is -0.480 e. The number of carboxylic acid groups (broad SMARTS) is 1. The van der Waals surface area contributed by atoms with Crippen molar-refractivity contribution in [2.75, 3.05) is 11.9 Å². The quantitative estimate of drug-likeness (QED) is 0.658. The van der Waals surface area contributed by atoms with E-state index in [1.807, 2.05) is 0 Å². The molecule has 0 saturated heterocycles. The first-order valence-electron chi connectivity index (χ1n) is 5.28. The third-order valence-electron chi connectivity index (χ3n) is 2.65. The molecule has 0 aliphatic rings. The van der Waals surface area contributed by atoms with Gasteiger partial charge in [0.05, 0.1) is 4.92 Å². The number of likely N-dealkylation sites (N-methyl/N-ethyl adjacent to an activating group) is 1. The van der Waals surface area contributed by atoms with Gasteiger partial charge in [-0.3, -0.25) is 10.1 Å². The predicted molar refractivity (Wildman–Crippen MR) is 68.2 cm³/mol. The molecule has 18 heavy (non-hydrogen) atoms. The maximum Gasteiger partial charge on any atom is 0.326 e. The molecule has 0 heterocycles. The fourth-order valence-electron chi connectivity index (χ4n) is 1.72. The molecule has 7 heteroatoms. The van der Waals surface area contributed by atoms with Crippen molar-refractivity contribution in [3.8, 4) is 0 Å². The Balaban J connectivity index is 3.25. The van der Waals surface area contributed by atoms with Gasteiger partial charge >= 0.3 is 5.97 Å². The van der Waals surface area contributed by atoms with Crippen LogP contribution in [-0.4, -0.2) is 29.1 Å². The van der Waals surface area contributed by atoms with Crippen molar-refractivity contribution in [3.63, 3.8) is 0 Å². The van der Waals surface area contributed by atoms with Gasteiger partial charge in [-0.05, 0) is 18.6 Å². The number of hydrogen-bond acceptors (Lipinski definition) is 4. The lowest BCUT2D eigenvalue weighted by molar-refractivity contribution is -0.384. The standard InChI is InChI=1S/C11H13ClN2O4/c1-3-8(11(15)16)13(2)10-6-7(12)4-5-9(10)14(17)18/h4-6,8H,3H2,1-2H3,(H,15,16). The van der Waals surface area contributed by atoms with Gasteiger partial charge in [0.15, 0.2) is 0 Å². The van der Waals surface area contributed by atoms with Crippen LogP contribution in [0.1, 0.15) is 13.3 Å². The first-order chi connectivity index (χ1) is 8.38. The predicted octanol–water partition coefficient (Wildman–Crippen LogP) is 2.55. The highest BCUT2D eigenvalue weighted by Gasteiger charge is 2.26. The molecule has 6 nitrogen and oxygen atoms in total. The number of nitro benzene ring substituents is 1. The smallest absolute Gasteiger partial charge is 0.326 e. The van der Waals surface area contributed by atoms with Gasteiger partial charge in [0, 0.05) is 18.1 Å². The molecule has 0 spiro atoms. The molecule has 1 rings (SSSR count). The number of benzene rings is 1. The Kier molecular flexibility index (Phi) is 4.49. The molecular weight excluding hydrogens is 260 g/mol. The van der Waals surface area contributed by atoms with Crippen LogP contribution in [0.2, 0.25) is 5.02 Å². The minimum atomic E-state index is -1.03. The van der Waals surface area contributed by atoms with E-state index in [1.165, 1.54) is 30.1 Å². The molecule has 0 saturated carbocycles. The third-order valence-corrected chi connectivity index (χ3v) is 2.89. The van der Waals surface area contributed by atoms with E-state index in [0.717, 1.165) is 0 Å². The van der Waals surface area contributed by atoms with Crippen molar-refractivity contribution < 1.29 is 14.8 Å². The van der Waals surface area contributed by atoms with Crippen LogP contribution in [0, 0.1) is 10.1 Å². The fourth-order valence-corrected chi connectivity index (χ4v) is 1.88. The molecule has 1 unspecified atom stereocenters. The normalized spacial score (nSPS) is 11.9. The average Bonchev–Trinajstić information content (AvgIpc) is 2.28. The summed E-state index contributed by atoms with van der Waals surface area (Å²) in [5, 5.41) is 20.3. The summed E-state index contributed by atoms with van der Waals surface area (Å²) in [4.78, 5) is 22.8. The second-order valence-electron chi connectivity index (χ2n) is 3.76. The minimum absolute atomic E-state index is 0.165. The highest BCUT2D eigenvalue weighted by atomic mass is 35.5. The molecule has 1 atom stereocenters. The SMILES string of the molecule is CCC(C(=O)O)N(C)c1cc(Cl)ccc1[N+](=O)[O-]. The first kappa shape index (κ1) is 14.2. The lowest BCUT2D eigenvalue weighted by atomic mass is 10.1. The van der Waals surface area contributed by atoms with Crippen LogP contribution in [0.4, 0.5) is 11.4 Å². The van der Waals surface area contributed by atoms with Crippen LogP contribution in [0.5, 0.6) is 0 Å². The van der Waals surface area contributed by atoms with E-state index in [1.54, 1.807) is 6.92 Å². The van der Waals surface area contributed by atoms with Gasteiger partial charge in [-0.25, -0.2) is 4.79 Å². The molecule has 98 valence electrons. The number of nitro groups is 1. The molecule has 0 aliphatic heterocycles. The Labute approximate surface area is 109 Å². The number of anilines is 1. The number of hydrogen-bond donors (Lipinski definition) is 1. The Bertz CT molecular complexity index is 478. The maximum absolute atomic E-state index is 11.1. The second-order valence-corrected chi connectivity index (χ2v) is 4.20. The highest BCUT2D eigenvalue weighted by Crippen LogP contribution is 2.31. The number of carbonyl (C=O) groups is 1. The Morgan fingerprint density at radius 3 is 2.67 bits per heavy atom. The fraction of sp³-hybridized carbons (Fsp3) is 0.364. The molecule has 1 aromatic rings. The van der Waals surface area contributed by atoms with E-state index in [9.17, 15) is 14.9 Å². The zero-order valence-electron chi connectivity index (χ0n) is 9.96. The van der Waals surface area contributed by atoms with Gasteiger partial charge in [0.25, 0.3) is 5.69 Å². The number of rotatable bonds is 5. The summed E-state index contributed by atoms with van der Waals surface area (Å²) < 4.78 is 0. The molecule has 1 N–H and O–H groups in total. The van der Waals surface area contributed by atoms with Gasteiger partial charge < -0.3 is 10.0 Å². The van der Waals surface area contributed by atoms with E-state index in [2.05, 4.69) is 0 Å². The van der Waals surface area contributed by atoms with Gasteiger partial charge in [-0.1, -0.05) is 18.5 Å². The summed E-state index contributed by atoms with van der Waals surface area (Å²) in [6.45, 7) is 1.70. The number of carboxylic acids is 1. The second kappa shape index (κ2) is 5.68. The lowest BCUT2D eigenvalue weighted by Crippen LogP contribution is -2.38. The summed E-state index contributed by atoms with van der Waals surface area (Å²) in [6.07, 6.45) is 0.329. The molecular formula is C11H13ClN2O4. The van der Waals surface area contributed by atoms with Crippen LogP contribution in [-0.2, 0) is 4.79 Å². The van der Waals surface area contributed by atoms with Crippen molar-refractivity contribution in [1.82, 2.24) is 0 Å². The largest absolute Gasteiger partial charge is 0.480 e. The zero-order valence-corrected chi connectivity index (χ0v) is 10.7. The zero-order chi connectivity index (χ0) is 13.9. The van der Waals surface area contributed by atoms with Crippen LogP contribution in [0.15, 0.2) is 18.2 Å². The summed E-state index contributed by atoms with van der Waals surface area (Å²) in [5.41, 5.74) is 0.0309. The molecule has 0 amide bonds. The van der Waals surface area contributed by atoms with E-state index in [-0.39, 0.29) is 11.4 Å². The van der Waals surface area contributed by atoms with Crippen molar-refractivity contribution in [2.45, 2.75) is 19.4 Å². The van der Waals surface area contributed by atoms with Crippen LogP contribution < -0.4 is 4.90 Å². The Hall–Kier alpha value is -1.82. The number of nitrogens with zero attached hydrogens (tertiary/aromatic N) is 2. The van der Waals surface area contributed by atoms with E-state index in [0.29, 0.717) is 11.4 Å². The topological polar surface area (TPSA) is 83.7 Å². The number of halogens is 1. The van der Waals surface area contributed by atoms with Gasteiger partial charge in [0.2, 0.25) is 0 Å². The van der Waals surface area contributed by atoms with Crippen LogP contribution in [0.3, 0.4) is 0 Å². The molecule has 0 aromatic heterocycles. The molecule has 0 fully saturated rings. The van der Waals surface area contributed by atoms with Crippen molar-refractivity contribution in [2.24, 2.45) is 0 Å². The summed E-state index contributed by atoms with van der Waals surface area (Å²) in [6, 6.07) is 3.23. The van der Waals surface area contributed by atoms with E-state index in [4.69, 9.17) is 16.7 Å². The third kappa shape index (κ3) is 2.89.